The van der Waals surface area contributed by atoms with Gasteiger partial charge in [-0.1, -0.05) is 18.2 Å². The number of benzene rings is 1. The molecular formula is C14H14FNO. The smallest absolute Gasteiger partial charge is 0.141 e. The van der Waals surface area contributed by atoms with Crippen LogP contribution in [0, 0.1) is 19.7 Å². The molecule has 0 aliphatic heterocycles. The standard InChI is InChI=1S/C14H14FNO/c1-9-3-4-11(5-10(9)2)14(17)12-6-13(15)8-16-7-12/h3-8,14,17H,1-2H3. The van der Waals surface area contributed by atoms with Gasteiger partial charge in [-0.05, 0) is 36.6 Å². The van der Waals surface area contributed by atoms with Gasteiger partial charge in [0.15, 0.2) is 0 Å². The van der Waals surface area contributed by atoms with E-state index < -0.39 is 11.9 Å². The highest BCUT2D eigenvalue weighted by Gasteiger charge is 2.12. The van der Waals surface area contributed by atoms with Crippen LogP contribution < -0.4 is 0 Å². The number of halogens is 1. The molecule has 1 heterocycles. The summed E-state index contributed by atoms with van der Waals surface area (Å²) >= 11 is 0. The molecule has 1 aromatic heterocycles. The number of hydrogen-bond acceptors (Lipinski definition) is 2. The summed E-state index contributed by atoms with van der Waals surface area (Å²) in [6, 6.07) is 7.00. The Balaban J connectivity index is 2.36. The Hall–Kier alpha value is -1.74. The topological polar surface area (TPSA) is 33.1 Å². The molecule has 1 N–H and O–H groups in total. The molecule has 3 heteroatoms. The first-order valence-electron chi connectivity index (χ1n) is 5.43. The second-order valence-corrected chi connectivity index (χ2v) is 4.18. The molecule has 0 saturated carbocycles. The Morgan fingerprint density at radius 2 is 1.82 bits per heavy atom. The quantitative estimate of drug-likeness (QED) is 0.862. The van der Waals surface area contributed by atoms with Gasteiger partial charge in [-0.15, -0.1) is 0 Å². The molecule has 17 heavy (non-hydrogen) atoms. The molecule has 0 fully saturated rings. The monoisotopic (exact) mass is 231 g/mol. The Morgan fingerprint density at radius 1 is 1.06 bits per heavy atom. The van der Waals surface area contributed by atoms with Gasteiger partial charge in [0.25, 0.3) is 0 Å². The molecule has 0 spiro atoms. The number of aromatic nitrogens is 1. The van der Waals surface area contributed by atoms with Crippen LogP contribution in [0.25, 0.3) is 0 Å². The second-order valence-electron chi connectivity index (χ2n) is 4.18. The molecule has 0 amide bonds. The van der Waals surface area contributed by atoms with Gasteiger partial charge in [0, 0.05) is 11.8 Å². The maximum absolute atomic E-state index is 13.0. The molecule has 0 bridgehead atoms. The highest BCUT2D eigenvalue weighted by molar-refractivity contribution is 5.35. The first-order valence-corrected chi connectivity index (χ1v) is 5.43. The Kier molecular flexibility index (Phi) is 3.20. The van der Waals surface area contributed by atoms with E-state index in [1.165, 1.54) is 17.8 Å². The maximum atomic E-state index is 13.0. The lowest BCUT2D eigenvalue weighted by Gasteiger charge is -2.12. The largest absolute Gasteiger partial charge is 0.384 e. The van der Waals surface area contributed by atoms with Gasteiger partial charge >= 0.3 is 0 Å². The van der Waals surface area contributed by atoms with E-state index in [-0.39, 0.29) is 0 Å². The fraction of sp³-hybridized carbons (Fsp3) is 0.214. The minimum atomic E-state index is -0.836. The summed E-state index contributed by atoms with van der Waals surface area (Å²) in [5, 5.41) is 10.1. The van der Waals surface area contributed by atoms with E-state index in [9.17, 15) is 9.50 Å². The lowest BCUT2D eigenvalue weighted by Crippen LogP contribution is -2.01. The molecule has 0 aliphatic rings. The van der Waals surface area contributed by atoms with Gasteiger partial charge < -0.3 is 5.11 Å². The van der Waals surface area contributed by atoms with Crippen molar-refractivity contribution in [2.24, 2.45) is 0 Å². The molecular weight excluding hydrogens is 217 g/mol. The average molecular weight is 231 g/mol. The van der Waals surface area contributed by atoms with E-state index in [0.717, 1.165) is 17.3 Å². The first kappa shape index (κ1) is 11.7. The van der Waals surface area contributed by atoms with Crippen LogP contribution in [0.15, 0.2) is 36.7 Å². The van der Waals surface area contributed by atoms with Crippen LogP contribution in [0.5, 0.6) is 0 Å². The minimum Gasteiger partial charge on any atom is -0.384 e. The number of rotatable bonds is 2. The lowest BCUT2D eigenvalue weighted by molar-refractivity contribution is 0.219. The van der Waals surface area contributed by atoms with Gasteiger partial charge in [0.05, 0.1) is 6.20 Å². The highest BCUT2D eigenvalue weighted by atomic mass is 19.1. The second kappa shape index (κ2) is 4.63. The summed E-state index contributed by atoms with van der Waals surface area (Å²) in [5.74, 6) is -0.439. The Labute approximate surface area is 99.8 Å². The van der Waals surface area contributed by atoms with Gasteiger partial charge in [0.2, 0.25) is 0 Å². The van der Waals surface area contributed by atoms with Gasteiger partial charge in [-0.25, -0.2) is 4.39 Å². The molecule has 0 radical (unpaired) electrons. The van der Waals surface area contributed by atoms with Crippen molar-refractivity contribution >= 4 is 0 Å². The normalized spacial score (nSPS) is 12.5. The molecule has 2 aromatic rings. The van der Waals surface area contributed by atoms with E-state index in [2.05, 4.69) is 4.98 Å². The highest BCUT2D eigenvalue weighted by Crippen LogP contribution is 2.23. The predicted octanol–water partition coefficient (Wildman–Crippen LogP) is 2.92. The van der Waals surface area contributed by atoms with Crippen molar-refractivity contribution in [3.8, 4) is 0 Å². The minimum absolute atomic E-state index is 0.439. The predicted molar refractivity (Wildman–Crippen MR) is 64.2 cm³/mol. The van der Waals surface area contributed by atoms with Crippen molar-refractivity contribution in [3.63, 3.8) is 0 Å². The SMILES string of the molecule is Cc1ccc(C(O)c2cncc(F)c2)cc1C. The molecule has 2 rings (SSSR count). The van der Waals surface area contributed by atoms with Crippen molar-refractivity contribution in [1.29, 1.82) is 0 Å². The third-order valence-corrected chi connectivity index (χ3v) is 2.89. The van der Waals surface area contributed by atoms with Crippen LogP contribution in [0.3, 0.4) is 0 Å². The molecule has 1 unspecified atom stereocenters. The van der Waals surface area contributed by atoms with Gasteiger partial charge in [-0.2, -0.15) is 0 Å². The summed E-state index contributed by atoms with van der Waals surface area (Å²) in [5.41, 5.74) is 3.48. The fourth-order valence-corrected chi connectivity index (χ4v) is 1.70. The zero-order valence-corrected chi connectivity index (χ0v) is 9.81. The average Bonchev–Trinajstić information content (AvgIpc) is 2.32. The zero-order valence-electron chi connectivity index (χ0n) is 9.81. The number of aryl methyl sites for hydroxylation is 2. The molecule has 0 saturated heterocycles. The third-order valence-electron chi connectivity index (χ3n) is 2.89. The van der Waals surface area contributed by atoms with Crippen LogP contribution in [-0.2, 0) is 0 Å². The molecule has 1 aromatic carbocycles. The number of aliphatic hydroxyl groups excluding tert-OH is 1. The van der Waals surface area contributed by atoms with Crippen LogP contribution in [0.2, 0.25) is 0 Å². The lowest BCUT2D eigenvalue weighted by atomic mass is 9.99. The number of aliphatic hydroxyl groups is 1. The van der Waals surface area contributed by atoms with Gasteiger partial charge in [-0.3, -0.25) is 4.98 Å². The Bertz CT molecular complexity index is 539. The van der Waals surface area contributed by atoms with Crippen molar-refractivity contribution < 1.29 is 9.50 Å². The van der Waals surface area contributed by atoms with Crippen LogP contribution in [0.1, 0.15) is 28.4 Å². The number of nitrogens with zero attached hydrogens (tertiary/aromatic N) is 1. The van der Waals surface area contributed by atoms with E-state index in [4.69, 9.17) is 0 Å². The summed E-state index contributed by atoms with van der Waals surface area (Å²) < 4.78 is 13.0. The summed E-state index contributed by atoms with van der Waals surface area (Å²) in [6.07, 6.45) is 1.76. The third kappa shape index (κ3) is 2.50. The van der Waals surface area contributed by atoms with Crippen LogP contribution >= 0.6 is 0 Å². The van der Waals surface area contributed by atoms with Gasteiger partial charge in [0.1, 0.15) is 11.9 Å². The number of hydrogen-bond donors (Lipinski definition) is 1. The van der Waals surface area contributed by atoms with E-state index in [0.29, 0.717) is 5.56 Å². The molecule has 88 valence electrons. The molecule has 1 atom stereocenters. The van der Waals surface area contributed by atoms with Crippen LogP contribution in [0.4, 0.5) is 4.39 Å². The first-order chi connectivity index (χ1) is 8.08. The zero-order chi connectivity index (χ0) is 12.4. The summed E-state index contributed by atoms with van der Waals surface area (Å²) in [6.45, 7) is 3.99. The Morgan fingerprint density at radius 3 is 2.47 bits per heavy atom. The molecule has 2 nitrogen and oxygen atoms in total. The maximum Gasteiger partial charge on any atom is 0.141 e. The fourth-order valence-electron chi connectivity index (χ4n) is 1.70. The molecule has 0 aliphatic carbocycles. The van der Waals surface area contributed by atoms with E-state index >= 15 is 0 Å². The summed E-state index contributed by atoms with van der Waals surface area (Å²) in [4.78, 5) is 3.74. The summed E-state index contributed by atoms with van der Waals surface area (Å²) in [7, 11) is 0. The van der Waals surface area contributed by atoms with Crippen molar-refractivity contribution in [2.45, 2.75) is 20.0 Å². The number of pyridine rings is 1. The van der Waals surface area contributed by atoms with Crippen LogP contribution in [-0.4, -0.2) is 10.1 Å². The van der Waals surface area contributed by atoms with Crippen molar-refractivity contribution in [1.82, 2.24) is 4.98 Å². The van der Waals surface area contributed by atoms with Crippen molar-refractivity contribution in [2.75, 3.05) is 0 Å². The van der Waals surface area contributed by atoms with E-state index in [1.54, 1.807) is 0 Å². The van der Waals surface area contributed by atoms with E-state index in [1.807, 2.05) is 32.0 Å². The van der Waals surface area contributed by atoms with Crippen molar-refractivity contribution in [3.05, 3.63) is 64.7 Å².